The van der Waals surface area contributed by atoms with Crippen molar-refractivity contribution in [3.8, 4) is 0 Å². The van der Waals surface area contributed by atoms with Crippen molar-refractivity contribution in [2.75, 3.05) is 7.05 Å². The number of nitrogens with zero attached hydrogens (tertiary/aromatic N) is 1. The lowest BCUT2D eigenvalue weighted by molar-refractivity contribution is -0.122. The van der Waals surface area contributed by atoms with Gasteiger partial charge >= 0.3 is 0 Å². The average molecular weight is 407 g/mol. The smallest absolute Gasteiger partial charge is 0.254 e. The van der Waals surface area contributed by atoms with Crippen LogP contribution >= 0.6 is 0 Å². The lowest BCUT2D eigenvalue weighted by Gasteiger charge is -2.26. The molecule has 0 aromatic heterocycles. The second kappa shape index (κ2) is 8.49. The Hall–Kier alpha value is -2.78. The molecule has 2 amide bonds. The Morgan fingerprint density at radius 3 is 2.32 bits per heavy atom. The third-order valence-electron chi connectivity index (χ3n) is 3.92. The number of sulfonamides is 1. The number of carbonyl (C=O) groups is 2. The number of benzene rings is 2. The van der Waals surface area contributed by atoms with Gasteiger partial charge in [0.05, 0.1) is 4.90 Å². The largest absolute Gasteiger partial charge is 0.368 e. The zero-order valence-electron chi connectivity index (χ0n) is 15.7. The summed E-state index contributed by atoms with van der Waals surface area (Å²) in [6.07, 6.45) is 0. The summed E-state index contributed by atoms with van der Waals surface area (Å²) in [5.41, 5.74) is 5.70. The quantitative estimate of drug-likeness (QED) is 0.729. The van der Waals surface area contributed by atoms with Gasteiger partial charge in [0, 0.05) is 18.7 Å². The van der Waals surface area contributed by atoms with Crippen LogP contribution in [0.3, 0.4) is 0 Å². The normalized spacial score (nSPS) is 12.6. The summed E-state index contributed by atoms with van der Waals surface area (Å²) in [4.78, 5) is 25.8. The maximum absolute atomic E-state index is 13.5. The molecule has 3 N–H and O–H groups in total. The zero-order chi connectivity index (χ0) is 21.1. The lowest BCUT2D eigenvalue weighted by Crippen LogP contribution is -2.39. The van der Waals surface area contributed by atoms with Crippen LogP contribution in [0.4, 0.5) is 4.39 Å². The molecule has 2 rings (SSSR count). The highest BCUT2D eigenvalue weighted by atomic mass is 32.2. The first-order chi connectivity index (χ1) is 13.0. The molecule has 2 aromatic carbocycles. The molecule has 0 spiro atoms. The fraction of sp³-hybridized carbons (Fsp3) is 0.263. The lowest BCUT2D eigenvalue weighted by atomic mass is 10.0. The van der Waals surface area contributed by atoms with Gasteiger partial charge in [-0.05, 0) is 49.7 Å². The minimum atomic E-state index is -3.80. The summed E-state index contributed by atoms with van der Waals surface area (Å²) in [6.45, 7) is 3.35. The number of hydrogen-bond donors (Lipinski definition) is 2. The van der Waals surface area contributed by atoms with Gasteiger partial charge in [0.15, 0.2) is 0 Å². The molecule has 28 heavy (non-hydrogen) atoms. The highest BCUT2D eigenvalue weighted by Gasteiger charge is 2.28. The highest BCUT2D eigenvalue weighted by molar-refractivity contribution is 7.89. The Morgan fingerprint density at radius 2 is 1.75 bits per heavy atom. The molecule has 0 radical (unpaired) electrons. The number of likely N-dealkylation sites (N-methyl/N-ethyl adjacent to an activating group) is 1. The van der Waals surface area contributed by atoms with E-state index in [0.29, 0.717) is 0 Å². The number of amides is 2. The van der Waals surface area contributed by atoms with Crippen molar-refractivity contribution in [3.05, 3.63) is 65.5 Å². The van der Waals surface area contributed by atoms with E-state index >= 15 is 0 Å². The topological polar surface area (TPSA) is 110 Å². The third kappa shape index (κ3) is 4.93. The van der Waals surface area contributed by atoms with E-state index in [1.165, 1.54) is 49.5 Å². The van der Waals surface area contributed by atoms with E-state index in [1.807, 2.05) is 0 Å². The molecule has 0 aliphatic carbocycles. The standard InChI is InChI=1S/C19H22FN3O4S/c1-12(2)22-28(26,27)16-9-5-7-14(11-16)19(25)23(3)17(18(21)24)13-6-4-8-15(20)10-13/h4-12,17,22H,1-3H3,(H2,21,24). The minimum Gasteiger partial charge on any atom is -0.368 e. The number of nitrogens with one attached hydrogen (secondary N) is 1. The number of primary amides is 1. The zero-order valence-corrected chi connectivity index (χ0v) is 16.5. The summed E-state index contributed by atoms with van der Waals surface area (Å²) in [7, 11) is -2.45. The first-order valence-corrected chi connectivity index (χ1v) is 9.95. The highest BCUT2D eigenvalue weighted by Crippen LogP contribution is 2.23. The first kappa shape index (κ1) is 21.5. The molecule has 0 saturated heterocycles. The average Bonchev–Trinajstić information content (AvgIpc) is 2.60. The van der Waals surface area contributed by atoms with Crippen LogP contribution < -0.4 is 10.5 Å². The molecule has 7 nitrogen and oxygen atoms in total. The third-order valence-corrected chi connectivity index (χ3v) is 5.58. The van der Waals surface area contributed by atoms with Crippen LogP contribution in [0.25, 0.3) is 0 Å². The maximum Gasteiger partial charge on any atom is 0.254 e. The molecule has 0 saturated carbocycles. The summed E-state index contributed by atoms with van der Waals surface area (Å²) in [5.74, 6) is -2.04. The van der Waals surface area contributed by atoms with Gasteiger partial charge in [-0.15, -0.1) is 0 Å². The number of hydrogen-bond acceptors (Lipinski definition) is 4. The first-order valence-electron chi connectivity index (χ1n) is 8.47. The Bertz CT molecular complexity index is 992. The molecule has 1 atom stereocenters. The van der Waals surface area contributed by atoms with Crippen molar-refractivity contribution in [1.82, 2.24) is 9.62 Å². The summed E-state index contributed by atoms with van der Waals surface area (Å²) < 4.78 is 40.6. The predicted octanol–water partition coefficient (Wildman–Crippen LogP) is 1.81. The van der Waals surface area contributed by atoms with Crippen LogP contribution in [0.2, 0.25) is 0 Å². The number of nitrogens with two attached hydrogens (primary N) is 1. The van der Waals surface area contributed by atoms with Gasteiger partial charge in [-0.2, -0.15) is 0 Å². The van der Waals surface area contributed by atoms with Crippen LogP contribution in [0.1, 0.15) is 35.8 Å². The second-order valence-electron chi connectivity index (χ2n) is 6.58. The van der Waals surface area contributed by atoms with Crippen molar-refractivity contribution in [2.24, 2.45) is 5.73 Å². The summed E-state index contributed by atoms with van der Waals surface area (Å²) in [5, 5.41) is 0. The van der Waals surface area contributed by atoms with E-state index in [-0.39, 0.29) is 22.1 Å². The number of carbonyl (C=O) groups excluding carboxylic acids is 2. The van der Waals surface area contributed by atoms with E-state index in [4.69, 9.17) is 5.73 Å². The van der Waals surface area contributed by atoms with Crippen molar-refractivity contribution in [2.45, 2.75) is 30.8 Å². The van der Waals surface area contributed by atoms with Crippen molar-refractivity contribution < 1.29 is 22.4 Å². The van der Waals surface area contributed by atoms with Crippen LogP contribution in [0, 0.1) is 5.82 Å². The number of rotatable bonds is 7. The van der Waals surface area contributed by atoms with E-state index < -0.39 is 33.7 Å². The molecule has 0 bridgehead atoms. The molecule has 2 aromatic rings. The van der Waals surface area contributed by atoms with E-state index in [1.54, 1.807) is 13.8 Å². The van der Waals surface area contributed by atoms with Gasteiger partial charge < -0.3 is 10.6 Å². The van der Waals surface area contributed by atoms with Gasteiger partial charge in [0.1, 0.15) is 11.9 Å². The van der Waals surface area contributed by atoms with Crippen LogP contribution in [-0.2, 0) is 14.8 Å². The fourth-order valence-corrected chi connectivity index (χ4v) is 4.05. The van der Waals surface area contributed by atoms with Crippen molar-refractivity contribution in [3.63, 3.8) is 0 Å². The molecule has 150 valence electrons. The number of halogens is 1. The Labute approximate surface area is 163 Å². The molecular weight excluding hydrogens is 385 g/mol. The Balaban J connectivity index is 2.39. The van der Waals surface area contributed by atoms with Crippen molar-refractivity contribution >= 4 is 21.8 Å². The molecule has 9 heteroatoms. The molecule has 0 heterocycles. The molecule has 0 aliphatic rings. The van der Waals surface area contributed by atoms with E-state index in [0.717, 1.165) is 11.0 Å². The monoisotopic (exact) mass is 407 g/mol. The molecular formula is C19H22FN3O4S. The fourth-order valence-electron chi connectivity index (χ4n) is 2.75. The Kier molecular flexibility index (Phi) is 6.52. The minimum absolute atomic E-state index is 0.0526. The van der Waals surface area contributed by atoms with Crippen molar-refractivity contribution in [1.29, 1.82) is 0 Å². The van der Waals surface area contributed by atoms with Gasteiger partial charge in [0.2, 0.25) is 15.9 Å². The summed E-state index contributed by atoms with van der Waals surface area (Å²) >= 11 is 0. The SMILES string of the molecule is CC(C)NS(=O)(=O)c1cccc(C(=O)N(C)C(C(N)=O)c2cccc(F)c2)c1. The van der Waals surface area contributed by atoms with Gasteiger partial charge in [-0.25, -0.2) is 17.5 Å². The van der Waals surface area contributed by atoms with Gasteiger partial charge in [-0.3, -0.25) is 9.59 Å². The molecule has 0 aliphatic heterocycles. The molecule has 0 fully saturated rings. The van der Waals surface area contributed by atoms with E-state index in [2.05, 4.69) is 4.72 Å². The Morgan fingerprint density at radius 1 is 1.11 bits per heavy atom. The molecule has 1 unspecified atom stereocenters. The van der Waals surface area contributed by atoms with Gasteiger partial charge in [-0.1, -0.05) is 18.2 Å². The van der Waals surface area contributed by atoms with Crippen LogP contribution in [-0.4, -0.2) is 38.2 Å². The van der Waals surface area contributed by atoms with Crippen LogP contribution in [0.15, 0.2) is 53.4 Å². The van der Waals surface area contributed by atoms with E-state index in [9.17, 15) is 22.4 Å². The maximum atomic E-state index is 13.5. The predicted molar refractivity (Wildman–Crippen MR) is 102 cm³/mol. The van der Waals surface area contributed by atoms with Gasteiger partial charge in [0.25, 0.3) is 5.91 Å². The second-order valence-corrected chi connectivity index (χ2v) is 8.29. The summed E-state index contributed by atoms with van der Waals surface area (Å²) in [6, 6.07) is 9.11. The van der Waals surface area contributed by atoms with Crippen LogP contribution in [0.5, 0.6) is 0 Å².